The van der Waals surface area contributed by atoms with Crippen molar-refractivity contribution in [1.29, 1.82) is 0 Å². The molecule has 2 unspecified atom stereocenters. The van der Waals surface area contributed by atoms with E-state index in [1.165, 1.54) is 28.7 Å². The molecule has 1 N–H and O–H groups in total. The first-order valence-electron chi connectivity index (χ1n) is 7.06. The lowest BCUT2D eigenvalue weighted by molar-refractivity contribution is 0.461. The van der Waals surface area contributed by atoms with Crippen LogP contribution in [0, 0.1) is 11.6 Å². The number of thioether (sulfide) groups is 1. The van der Waals surface area contributed by atoms with Gasteiger partial charge in [0, 0.05) is 28.3 Å². The van der Waals surface area contributed by atoms with Crippen molar-refractivity contribution in [2.24, 2.45) is 0 Å². The van der Waals surface area contributed by atoms with Crippen LogP contribution in [-0.4, -0.2) is 11.8 Å². The van der Waals surface area contributed by atoms with Gasteiger partial charge in [-0.15, -0.1) is 11.8 Å². The van der Waals surface area contributed by atoms with Gasteiger partial charge in [0.25, 0.3) is 0 Å². The summed E-state index contributed by atoms with van der Waals surface area (Å²) < 4.78 is 27.4. The second-order valence-corrected chi connectivity index (χ2v) is 6.44. The molecule has 110 valence electrons. The molecule has 2 aromatic rings. The summed E-state index contributed by atoms with van der Waals surface area (Å²) in [5, 5.41) is 3.48. The van der Waals surface area contributed by atoms with E-state index in [9.17, 15) is 8.78 Å². The molecule has 0 radical (unpaired) electrons. The molecule has 3 rings (SSSR count). The maximum absolute atomic E-state index is 13.7. The first-order valence-corrected chi connectivity index (χ1v) is 8.04. The molecule has 0 saturated heterocycles. The first kappa shape index (κ1) is 14.5. The minimum Gasteiger partial charge on any atom is -0.306 e. The molecule has 1 nitrogen and oxygen atoms in total. The largest absolute Gasteiger partial charge is 0.306 e. The van der Waals surface area contributed by atoms with Crippen molar-refractivity contribution in [2.45, 2.75) is 30.3 Å². The predicted molar refractivity (Wildman–Crippen MR) is 82.6 cm³/mol. The van der Waals surface area contributed by atoms with Gasteiger partial charge in [-0.1, -0.05) is 24.3 Å². The number of benzene rings is 2. The molecular formula is C17H17F2NS. The third-order valence-electron chi connectivity index (χ3n) is 3.76. The van der Waals surface area contributed by atoms with Crippen LogP contribution >= 0.6 is 11.8 Å². The van der Waals surface area contributed by atoms with Gasteiger partial charge < -0.3 is 5.32 Å². The van der Waals surface area contributed by atoms with Crippen LogP contribution in [0.1, 0.15) is 24.1 Å². The number of halogens is 2. The van der Waals surface area contributed by atoms with Crippen LogP contribution in [0.4, 0.5) is 8.78 Å². The Hall–Kier alpha value is -1.39. The molecule has 21 heavy (non-hydrogen) atoms. The van der Waals surface area contributed by atoms with E-state index in [-0.39, 0.29) is 17.6 Å². The second-order valence-electron chi connectivity index (χ2n) is 5.37. The molecule has 4 heteroatoms. The highest BCUT2D eigenvalue weighted by molar-refractivity contribution is 7.99. The van der Waals surface area contributed by atoms with Crippen molar-refractivity contribution < 1.29 is 8.78 Å². The van der Waals surface area contributed by atoms with E-state index >= 15 is 0 Å². The molecule has 0 saturated carbocycles. The van der Waals surface area contributed by atoms with Crippen molar-refractivity contribution in [3.63, 3.8) is 0 Å². The van der Waals surface area contributed by atoms with Gasteiger partial charge >= 0.3 is 0 Å². The van der Waals surface area contributed by atoms with Gasteiger partial charge in [-0.25, -0.2) is 8.78 Å². The van der Waals surface area contributed by atoms with Gasteiger partial charge in [-0.05, 0) is 37.1 Å². The third kappa shape index (κ3) is 3.11. The zero-order valence-electron chi connectivity index (χ0n) is 11.8. The zero-order valence-corrected chi connectivity index (χ0v) is 12.6. The van der Waals surface area contributed by atoms with Crippen LogP contribution in [0.25, 0.3) is 0 Å². The molecule has 0 fully saturated rings. The SMILES string of the molecule is CC(Cc1c(F)cccc1F)NC1CSc2ccccc21. The fourth-order valence-corrected chi connectivity index (χ4v) is 3.91. The van der Waals surface area contributed by atoms with Crippen molar-refractivity contribution >= 4 is 11.8 Å². The molecule has 0 aliphatic carbocycles. The molecule has 2 atom stereocenters. The second kappa shape index (κ2) is 6.16. The number of nitrogens with one attached hydrogen (secondary N) is 1. The molecule has 0 amide bonds. The molecule has 2 aromatic carbocycles. The Kier molecular flexibility index (Phi) is 4.27. The third-order valence-corrected chi connectivity index (χ3v) is 4.94. The maximum atomic E-state index is 13.7. The lowest BCUT2D eigenvalue weighted by Crippen LogP contribution is -2.32. The minimum atomic E-state index is -0.468. The molecular weight excluding hydrogens is 288 g/mol. The van der Waals surface area contributed by atoms with Gasteiger partial charge in [0.1, 0.15) is 11.6 Å². The number of rotatable bonds is 4. The van der Waals surface area contributed by atoms with Crippen molar-refractivity contribution in [1.82, 2.24) is 5.32 Å². The maximum Gasteiger partial charge on any atom is 0.129 e. The van der Waals surface area contributed by atoms with Crippen LogP contribution in [0.5, 0.6) is 0 Å². The Labute approximate surface area is 127 Å². The Balaban J connectivity index is 1.69. The van der Waals surface area contributed by atoms with Gasteiger partial charge in [0.15, 0.2) is 0 Å². The fraction of sp³-hybridized carbons (Fsp3) is 0.294. The molecule has 1 aliphatic rings. The molecule has 0 aromatic heterocycles. The fourth-order valence-electron chi connectivity index (χ4n) is 2.74. The van der Waals surface area contributed by atoms with Gasteiger partial charge in [0.05, 0.1) is 0 Å². The van der Waals surface area contributed by atoms with E-state index in [0.717, 1.165) is 5.75 Å². The first-order chi connectivity index (χ1) is 10.1. The average molecular weight is 305 g/mol. The summed E-state index contributed by atoms with van der Waals surface area (Å²) in [7, 11) is 0. The van der Waals surface area contributed by atoms with Gasteiger partial charge in [0.2, 0.25) is 0 Å². The van der Waals surface area contributed by atoms with E-state index in [1.54, 1.807) is 0 Å². The summed E-state index contributed by atoms with van der Waals surface area (Å²) in [6, 6.07) is 12.6. The van der Waals surface area contributed by atoms with E-state index in [4.69, 9.17) is 0 Å². The summed E-state index contributed by atoms with van der Waals surface area (Å²) in [4.78, 5) is 1.29. The monoisotopic (exact) mass is 305 g/mol. The molecule has 1 heterocycles. The van der Waals surface area contributed by atoms with Crippen molar-refractivity contribution in [3.05, 3.63) is 65.2 Å². The highest BCUT2D eigenvalue weighted by atomic mass is 32.2. The summed E-state index contributed by atoms with van der Waals surface area (Å²) in [6.45, 7) is 1.97. The van der Waals surface area contributed by atoms with E-state index in [0.29, 0.717) is 6.42 Å². The number of hydrogen-bond donors (Lipinski definition) is 1. The lowest BCUT2D eigenvalue weighted by Gasteiger charge is -2.20. The summed E-state index contributed by atoms with van der Waals surface area (Å²) in [5.74, 6) is 0.0263. The predicted octanol–water partition coefficient (Wildman–Crippen LogP) is 4.33. The van der Waals surface area contributed by atoms with E-state index in [1.807, 2.05) is 30.8 Å². The van der Waals surface area contributed by atoms with Crippen LogP contribution in [-0.2, 0) is 6.42 Å². The van der Waals surface area contributed by atoms with Crippen molar-refractivity contribution in [2.75, 3.05) is 5.75 Å². The Morgan fingerprint density at radius 3 is 2.62 bits per heavy atom. The lowest BCUT2D eigenvalue weighted by atomic mass is 10.0. The normalized spacial score (nSPS) is 18.5. The van der Waals surface area contributed by atoms with Crippen molar-refractivity contribution in [3.8, 4) is 0 Å². The van der Waals surface area contributed by atoms with Gasteiger partial charge in [-0.3, -0.25) is 0 Å². The smallest absolute Gasteiger partial charge is 0.129 e. The average Bonchev–Trinajstić information content (AvgIpc) is 2.87. The summed E-state index contributed by atoms with van der Waals surface area (Å²) >= 11 is 1.82. The minimum absolute atomic E-state index is 0.00755. The van der Waals surface area contributed by atoms with E-state index in [2.05, 4.69) is 17.4 Å². The van der Waals surface area contributed by atoms with Crippen LogP contribution < -0.4 is 5.32 Å². The topological polar surface area (TPSA) is 12.0 Å². The van der Waals surface area contributed by atoms with Crippen LogP contribution in [0.15, 0.2) is 47.4 Å². The standard InChI is InChI=1S/C17H17F2NS/c1-11(9-13-14(18)6-4-7-15(13)19)20-16-10-21-17-8-3-2-5-12(16)17/h2-8,11,16,20H,9-10H2,1H3. The van der Waals surface area contributed by atoms with E-state index < -0.39 is 11.6 Å². The number of hydrogen-bond acceptors (Lipinski definition) is 2. The molecule has 0 bridgehead atoms. The highest BCUT2D eigenvalue weighted by Gasteiger charge is 2.24. The zero-order chi connectivity index (χ0) is 14.8. The Morgan fingerprint density at radius 1 is 1.14 bits per heavy atom. The number of fused-ring (bicyclic) bond motifs is 1. The molecule has 1 aliphatic heterocycles. The van der Waals surface area contributed by atoms with Crippen LogP contribution in [0.2, 0.25) is 0 Å². The highest BCUT2D eigenvalue weighted by Crippen LogP contribution is 2.38. The van der Waals surface area contributed by atoms with Gasteiger partial charge in [-0.2, -0.15) is 0 Å². The quantitative estimate of drug-likeness (QED) is 0.902. The summed E-state index contributed by atoms with van der Waals surface area (Å²) in [6.07, 6.45) is 0.349. The van der Waals surface area contributed by atoms with Crippen LogP contribution in [0.3, 0.4) is 0 Å². The Morgan fingerprint density at radius 2 is 1.86 bits per heavy atom. The Bertz CT molecular complexity index is 624. The summed E-state index contributed by atoms with van der Waals surface area (Å²) in [5.41, 5.74) is 1.44. The molecule has 0 spiro atoms.